The monoisotopic (exact) mass is 404 g/mol. The number of hydrogen-bond acceptors (Lipinski definition) is 5. The van der Waals surface area contributed by atoms with Gasteiger partial charge in [-0.3, -0.25) is 4.90 Å². The van der Waals surface area contributed by atoms with Crippen LogP contribution in [0, 0.1) is 11.6 Å². The Bertz CT molecular complexity index is 940. The van der Waals surface area contributed by atoms with E-state index in [1.165, 1.54) is 11.6 Å². The third-order valence-corrected chi connectivity index (χ3v) is 5.02. The quantitative estimate of drug-likeness (QED) is 0.645. The minimum atomic E-state index is -0.877. The number of benzene rings is 2. The summed E-state index contributed by atoms with van der Waals surface area (Å²) in [5.41, 5.74) is 1.82. The first-order chi connectivity index (χ1) is 13.6. The van der Waals surface area contributed by atoms with Gasteiger partial charge in [0.15, 0.2) is 17.5 Å². The number of nitrogens with zero attached hydrogens (tertiary/aromatic N) is 4. The minimum Gasteiger partial charge on any atom is -0.322 e. The fraction of sp³-hybridized carbons (Fsp3) is 0.300. The van der Waals surface area contributed by atoms with Gasteiger partial charge < -0.3 is 9.42 Å². The molecular formula is C20H19ClF2N4O. The smallest absolute Gasteiger partial charge is 0.322 e. The van der Waals surface area contributed by atoms with Gasteiger partial charge in [0.05, 0.1) is 0 Å². The Morgan fingerprint density at radius 1 is 0.929 bits per heavy atom. The van der Waals surface area contributed by atoms with E-state index in [4.69, 9.17) is 16.1 Å². The number of rotatable bonds is 5. The first-order valence-electron chi connectivity index (χ1n) is 9.05. The van der Waals surface area contributed by atoms with Gasteiger partial charge in [-0.15, -0.1) is 0 Å². The minimum absolute atomic E-state index is 0.289. The molecule has 8 heteroatoms. The summed E-state index contributed by atoms with van der Waals surface area (Å²) in [6, 6.07) is 12.1. The van der Waals surface area contributed by atoms with Gasteiger partial charge in [0.1, 0.15) is 0 Å². The fourth-order valence-electron chi connectivity index (χ4n) is 3.22. The molecule has 5 nitrogen and oxygen atoms in total. The first-order valence-corrected chi connectivity index (χ1v) is 9.43. The largest absolute Gasteiger partial charge is 0.324 e. The predicted octanol–water partition coefficient (Wildman–Crippen LogP) is 3.91. The fourth-order valence-corrected chi connectivity index (χ4v) is 3.35. The van der Waals surface area contributed by atoms with E-state index < -0.39 is 11.6 Å². The zero-order valence-electron chi connectivity index (χ0n) is 15.1. The van der Waals surface area contributed by atoms with Gasteiger partial charge in [0.25, 0.3) is 0 Å². The van der Waals surface area contributed by atoms with Gasteiger partial charge in [-0.05, 0) is 35.4 Å². The standard InChI is InChI=1S/C20H19ClF2N4O/c21-16-4-1-14(2-5-16)13-26-7-9-27(10-8-26)20-24-19(25-28-20)12-15-3-6-17(22)18(23)11-15/h1-6,11H,7-10,12-13H2. The zero-order valence-corrected chi connectivity index (χ0v) is 15.9. The lowest BCUT2D eigenvalue weighted by Gasteiger charge is -2.33. The predicted molar refractivity (Wildman–Crippen MR) is 102 cm³/mol. The van der Waals surface area contributed by atoms with Gasteiger partial charge in [0, 0.05) is 44.2 Å². The molecule has 1 saturated heterocycles. The van der Waals surface area contributed by atoms with E-state index in [1.807, 2.05) is 29.2 Å². The highest BCUT2D eigenvalue weighted by atomic mass is 35.5. The van der Waals surface area contributed by atoms with Crippen molar-refractivity contribution in [1.82, 2.24) is 15.0 Å². The van der Waals surface area contributed by atoms with E-state index >= 15 is 0 Å². The summed E-state index contributed by atoms with van der Waals surface area (Å²) < 4.78 is 31.7. The molecule has 0 spiro atoms. The Labute approximate surface area is 166 Å². The average Bonchev–Trinajstić information content (AvgIpc) is 3.16. The second kappa shape index (κ2) is 8.24. The van der Waals surface area contributed by atoms with Crippen LogP contribution in [0.4, 0.5) is 14.8 Å². The van der Waals surface area contributed by atoms with Crippen LogP contribution in [0.5, 0.6) is 0 Å². The maximum atomic E-state index is 13.3. The van der Waals surface area contributed by atoms with Gasteiger partial charge in [-0.25, -0.2) is 8.78 Å². The van der Waals surface area contributed by atoms with Crippen LogP contribution in [0.15, 0.2) is 47.0 Å². The molecule has 0 aliphatic carbocycles. The molecule has 3 aromatic rings. The Balaban J connectivity index is 1.32. The van der Waals surface area contributed by atoms with Crippen LogP contribution in [-0.4, -0.2) is 41.2 Å². The second-order valence-corrected chi connectivity index (χ2v) is 7.24. The molecule has 1 aliphatic heterocycles. The lowest BCUT2D eigenvalue weighted by atomic mass is 10.1. The van der Waals surface area contributed by atoms with Crippen molar-refractivity contribution >= 4 is 17.6 Å². The van der Waals surface area contributed by atoms with E-state index in [0.29, 0.717) is 17.4 Å². The van der Waals surface area contributed by atoms with Crippen LogP contribution >= 0.6 is 11.6 Å². The lowest BCUT2D eigenvalue weighted by Crippen LogP contribution is -2.46. The van der Waals surface area contributed by atoms with Crippen molar-refractivity contribution in [3.05, 3.63) is 76.1 Å². The Morgan fingerprint density at radius 2 is 1.64 bits per heavy atom. The maximum Gasteiger partial charge on any atom is 0.324 e. The maximum absolute atomic E-state index is 13.3. The molecule has 2 aromatic carbocycles. The Kier molecular flexibility index (Phi) is 5.54. The normalized spacial score (nSPS) is 15.2. The van der Waals surface area contributed by atoms with Gasteiger partial charge >= 0.3 is 6.01 Å². The van der Waals surface area contributed by atoms with Crippen molar-refractivity contribution < 1.29 is 13.3 Å². The molecule has 1 aliphatic rings. The van der Waals surface area contributed by atoms with Crippen LogP contribution in [0.25, 0.3) is 0 Å². The van der Waals surface area contributed by atoms with E-state index in [9.17, 15) is 8.78 Å². The molecule has 1 fully saturated rings. The summed E-state index contributed by atoms with van der Waals surface area (Å²) in [5, 5.41) is 4.70. The zero-order chi connectivity index (χ0) is 19.5. The number of anilines is 1. The van der Waals surface area contributed by atoms with E-state index in [-0.39, 0.29) is 6.42 Å². The lowest BCUT2D eigenvalue weighted by molar-refractivity contribution is 0.242. The van der Waals surface area contributed by atoms with E-state index in [2.05, 4.69) is 15.0 Å². The third-order valence-electron chi connectivity index (χ3n) is 4.77. The molecule has 2 heterocycles. The molecule has 0 saturated carbocycles. The van der Waals surface area contributed by atoms with E-state index in [1.54, 1.807) is 0 Å². The topological polar surface area (TPSA) is 45.4 Å². The number of halogens is 3. The van der Waals surface area contributed by atoms with Gasteiger partial charge in [-0.1, -0.05) is 35.0 Å². The molecule has 146 valence electrons. The molecule has 1 aromatic heterocycles. The summed E-state index contributed by atoms with van der Waals surface area (Å²) in [4.78, 5) is 8.80. The van der Waals surface area contributed by atoms with Crippen molar-refractivity contribution in [2.45, 2.75) is 13.0 Å². The van der Waals surface area contributed by atoms with Crippen LogP contribution < -0.4 is 4.90 Å². The second-order valence-electron chi connectivity index (χ2n) is 6.81. The summed E-state index contributed by atoms with van der Waals surface area (Å²) >= 11 is 5.93. The Hall–Kier alpha value is -2.51. The van der Waals surface area contributed by atoms with E-state index in [0.717, 1.165) is 49.9 Å². The van der Waals surface area contributed by atoms with Gasteiger partial charge in [-0.2, -0.15) is 4.98 Å². The summed E-state index contributed by atoms with van der Waals surface area (Å²) in [6.45, 7) is 4.18. The highest BCUT2D eigenvalue weighted by molar-refractivity contribution is 6.30. The van der Waals surface area contributed by atoms with Crippen LogP contribution in [-0.2, 0) is 13.0 Å². The third kappa shape index (κ3) is 4.48. The van der Waals surface area contributed by atoms with Crippen molar-refractivity contribution in [3.63, 3.8) is 0 Å². The molecule has 0 atom stereocenters. The summed E-state index contributed by atoms with van der Waals surface area (Å²) in [7, 11) is 0. The molecule has 0 N–H and O–H groups in total. The van der Waals surface area contributed by atoms with Gasteiger partial charge in [0.2, 0.25) is 0 Å². The summed E-state index contributed by atoms with van der Waals surface area (Å²) in [5.74, 6) is -1.29. The highest BCUT2D eigenvalue weighted by Gasteiger charge is 2.21. The molecule has 0 radical (unpaired) electrons. The molecular weight excluding hydrogens is 386 g/mol. The van der Waals surface area contributed by atoms with Crippen molar-refractivity contribution in [1.29, 1.82) is 0 Å². The molecule has 4 rings (SSSR count). The SMILES string of the molecule is Fc1ccc(Cc2noc(N3CCN(Cc4ccc(Cl)cc4)CC3)n2)cc1F. The Morgan fingerprint density at radius 3 is 2.36 bits per heavy atom. The summed E-state index contributed by atoms with van der Waals surface area (Å²) in [6.07, 6.45) is 0.289. The number of aromatic nitrogens is 2. The molecule has 0 amide bonds. The molecule has 0 unspecified atom stereocenters. The van der Waals surface area contributed by atoms with Crippen molar-refractivity contribution in [3.8, 4) is 0 Å². The van der Waals surface area contributed by atoms with Crippen LogP contribution in [0.2, 0.25) is 5.02 Å². The molecule has 28 heavy (non-hydrogen) atoms. The number of piperazine rings is 1. The van der Waals surface area contributed by atoms with Crippen molar-refractivity contribution in [2.75, 3.05) is 31.1 Å². The van der Waals surface area contributed by atoms with Crippen LogP contribution in [0.1, 0.15) is 17.0 Å². The highest BCUT2D eigenvalue weighted by Crippen LogP contribution is 2.18. The first kappa shape index (κ1) is 18.8. The number of hydrogen-bond donors (Lipinski definition) is 0. The average molecular weight is 405 g/mol. The molecule has 0 bridgehead atoms. The van der Waals surface area contributed by atoms with Crippen molar-refractivity contribution in [2.24, 2.45) is 0 Å². The van der Waals surface area contributed by atoms with Crippen LogP contribution in [0.3, 0.4) is 0 Å².